The number of nitrogens with zero attached hydrogens (tertiary/aromatic N) is 2. The van der Waals surface area contributed by atoms with Crippen LogP contribution >= 0.6 is 0 Å². The largest absolute Gasteiger partial charge is 0.423 e. The van der Waals surface area contributed by atoms with Crippen LogP contribution in [0.2, 0.25) is 0 Å². The van der Waals surface area contributed by atoms with E-state index in [0.29, 0.717) is 23.7 Å². The van der Waals surface area contributed by atoms with Crippen molar-refractivity contribution in [2.24, 2.45) is 0 Å². The molecule has 2 heterocycles. The van der Waals surface area contributed by atoms with E-state index < -0.39 is 0 Å². The van der Waals surface area contributed by atoms with Gasteiger partial charge in [-0.15, -0.1) is 0 Å². The zero-order valence-electron chi connectivity index (χ0n) is 10.4. The molecule has 1 aliphatic heterocycles. The van der Waals surface area contributed by atoms with E-state index in [9.17, 15) is 4.39 Å². The lowest BCUT2D eigenvalue weighted by molar-refractivity contribution is 0.0324. The van der Waals surface area contributed by atoms with Crippen molar-refractivity contribution in [2.45, 2.75) is 26.0 Å². The maximum Gasteiger partial charge on any atom is 0.298 e. The van der Waals surface area contributed by atoms with Crippen LogP contribution in [0.4, 0.5) is 10.4 Å². The number of fused-ring (bicyclic) bond motifs is 1. The summed E-state index contributed by atoms with van der Waals surface area (Å²) in [4.78, 5) is 6.41. The van der Waals surface area contributed by atoms with Crippen molar-refractivity contribution in [2.75, 3.05) is 18.1 Å². The van der Waals surface area contributed by atoms with Crippen molar-refractivity contribution in [1.29, 1.82) is 0 Å². The van der Waals surface area contributed by atoms with Gasteiger partial charge in [-0.3, -0.25) is 0 Å². The normalized spacial score (nSPS) is 24.7. The Morgan fingerprint density at radius 3 is 3.06 bits per heavy atom. The standard InChI is InChI=1S/C13H15FN2O2/c1-8-7-17-9(2)6-16(8)13-15-11-5-10(14)3-4-12(11)18-13/h3-5,8-9H,6-7H2,1-2H3/t8-,9-/m1/s1. The van der Waals surface area contributed by atoms with Gasteiger partial charge in [-0.25, -0.2) is 4.39 Å². The summed E-state index contributed by atoms with van der Waals surface area (Å²) >= 11 is 0. The van der Waals surface area contributed by atoms with Crippen LogP contribution < -0.4 is 4.90 Å². The van der Waals surface area contributed by atoms with Crippen LogP contribution in [-0.4, -0.2) is 30.3 Å². The predicted octanol–water partition coefficient (Wildman–Crippen LogP) is 2.58. The lowest BCUT2D eigenvalue weighted by atomic mass is 10.2. The molecule has 0 amide bonds. The second-order valence-corrected chi connectivity index (χ2v) is 4.75. The molecule has 0 bridgehead atoms. The van der Waals surface area contributed by atoms with Crippen LogP contribution in [0.25, 0.3) is 11.1 Å². The SMILES string of the molecule is C[C@@H]1CN(c2nc3cc(F)ccc3o2)[C@H](C)CO1. The van der Waals surface area contributed by atoms with Crippen LogP contribution in [0.15, 0.2) is 22.6 Å². The summed E-state index contributed by atoms with van der Waals surface area (Å²) in [5.74, 6) is -0.300. The highest BCUT2D eigenvalue weighted by Gasteiger charge is 2.27. The number of rotatable bonds is 1. The van der Waals surface area contributed by atoms with Crippen molar-refractivity contribution >= 4 is 17.1 Å². The number of morpholine rings is 1. The first-order chi connectivity index (χ1) is 8.63. The number of anilines is 1. The number of aromatic nitrogens is 1. The van der Waals surface area contributed by atoms with E-state index >= 15 is 0 Å². The Kier molecular flexibility index (Phi) is 2.70. The molecule has 1 aliphatic rings. The molecule has 1 saturated heterocycles. The number of benzene rings is 1. The molecule has 1 aromatic heterocycles. The number of hydrogen-bond donors (Lipinski definition) is 0. The average Bonchev–Trinajstić information content (AvgIpc) is 2.74. The van der Waals surface area contributed by atoms with Crippen LogP contribution in [0.5, 0.6) is 0 Å². The third kappa shape index (κ3) is 1.95. The lowest BCUT2D eigenvalue weighted by Gasteiger charge is -2.35. The maximum atomic E-state index is 13.1. The molecule has 2 aromatic rings. The van der Waals surface area contributed by atoms with Crippen molar-refractivity contribution < 1.29 is 13.5 Å². The summed E-state index contributed by atoms with van der Waals surface area (Å²) < 4.78 is 24.3. The van der Waals surface area contributed by atoms with Gasteiger partial charge in [0, 0.05) is 12.6 Å². The highest BCUT2D eigenvalue weighted by atomic mass is 19.1. The maximum absolute atomic E-state index is 13.1. The van der Waals surface area contributed by atoms with Gasteiger partial charge in [0.2, 0.25) is 0 Å². The number of hydrogen-bond acceptors (Lipinski definition) is 4. The number of halogens is 1. The van der Waals surface area contributed by atoms with Crippen molar-refractivity contribution in [3.05, 3.63) is 24.0 Å². The minimum atomic E-state index is -0.300. The van der Waals surface area contributed by atoms with Crippen molar-refractivity contribution in [3.63, 3.8) is 0 Å². The van der Waals surface area contributed by atoms with Gasteiger partial charge in [0.05, 0.1) is 18.8 Å². The Morgan fingerprint density at radius 1 is 1.39 bits per heavy atom. The minimum Gasteiger partial charge on any atom is -0.423 e. The van der Waals surface area contributed by atoms with Crippen LogP contribution in [0.3, 0.4) is 0 Å². The second-order valence-electron chi connectivity index (χ2n) is 4.75. The van der Waals surface area contributed by atoms with Crippen molar-refractivity contribution in [3.8, 4) is 0 Å². The van der Waals surface area contributed by atoms with Gasteiger partial charge in [0.15, 0.2) is 5.58 Å². The van der Waals surface area contributed by atoms with Crippen molar-refractivity contribution in [1.82, 2.24) is 4.98 Å². The molecular weight excluding hydrogens is 235 g/mol. The Bertz CT molecular complexity index is 569. The van der Waals surface area contributed by atoms with E-state index in [1.807, 2.05) is 6.92 Å². The molecule has 0 spiro atoms. The summed E-state index contributed by atoms with van der Waals surface area (Å²) in [6, 6.07) is 5.12. The first-order valence-electron chi connectivity index (χ1n) is 6.08. The van der Waals surface area contributed by atoms with Gasteiger partial charge in [-0.05, 0) is 26.0 Å². The fraction of sp³-hybridized carbons (Fsp3) is 0.462. The van der Waals surface area contributed by atoms with Gasteiger partial charge in [0.1, 0.15) is 11.3 Å². The zero-order chi connectivity index (χ0) is 12.7. The van der Waals surface area contributed by atoms with E-state index in [-0.39, 0.29) is 18.0 Å². The number of ether oxygens (including phenoxy) is 1. The highest BCUT2D eigenvalue weighted by Crippen LogP contribution is 2.26. The Balaban J connectivity index is 1.97. The predicted molar refractivity (Wildman–Crippen MR) is 66.2 cm³/mol. The van der Waals surface area contributed by atoms with Gasteiger partial charge >= 0.3 is 0 Å². The Hall–Kier alpha value is -1.62. The molecule has 0 N–H and O–H groups in total. The van der Waals surface area contributed by atoms with E-state index in [1.54, 1.807) is 6.07 Å². The summed E-state index contributed by atoms with van der Waals surface area (Å²) in [7, 11) is 0. The molecule has 0 saturated carbocycles. The molecular formula is C13H15FN2O2. The molecule has 1 aromatic carbocycles. The fourth-order valence-corrected chi connectivity index (χ4v) is 2.18. The van der Waals surface area contributed by atoms with E-state index in [1.165, 1.54) is 12.1 Å². The molecule has 2 atom stereocenters. The lowest BCUT2D eigenvalue weighted by Crippen LogP contribution is -2.47. The average molecular weight is 250 g/mol. The van der Waals surface area contributed by atoms with Crippen LogP contribution in [-0.2, 0) is 4.74 Å². The summed E-state index contributed by atoms with van der Waals surface area (Å²) in [6.07, 6.45) is 0.146. The van der Waals surface area contributed by atoms with Gasteiger partial charge in [-0.2, -0.15) is 4.98 Å². The Morgan fingerprint density at radius 2 is 2.22 bits per heavy atom. The van der Waals surface area contributed by atoms with E-state index in [4.69, 9.17) is 9.15 Å². The molecule has 18 heavy (non-hydrogen) atoms. The second kappa shape index (κ2) is 4.24. The van der Waals surface area contributed by atoms with E-state index in [2.05, 4.69) is 16.8 Å². The minimum absolute atomic E-state index is 0.146. The van der Waals surface area contributed by atoms with Crippen LogP contribution in [0, 0.1) is 5.82 Å². The topological polar surface area (TPSA) is 38.5 Å². The molecule has 4 nitrogen and oxygen atoms in total. The highest BCUT2D eigenvalue weighted by molar-refractivity contribution is 5.74. The van der Waals surface area contributed by atoms with Gasteiger partial charge in [-0.1, -0.05) is 0 Å². The van der Waals surface area contributed by atoms with E-state index in [0.717, 1.165) is 6.54 Å². The summed E-state index contributed by atoms with van der Waals surface area (Å²) in [6.45, 7) is 5.45. The molecule has 0 radical (unpaired) electrons. The van der Waals surface area contributed by atoms with Gasteiger partial charge in [0.25, 0.3) is 6.01 Å². The molecule has 0 unspecified atom stereocenters. The summed E-state index contributed by atoms with van der Waals surface area (Å²) in [5.41, 5.74) is 1.16. The smallest absolute Gasteiger partial charge is 0.298 e. The molecule has 3 rings (SSSR count). The number of oxazole rings is 1. The quantitative estimate of drug-likeness (QED) is 0.779. The third-order valence-corrected chi connectivity index (χ3v) is 3.19. The monoisotopic (exact) mass is 250 g/mol. The molecule has 5 heteroatoms. The zero-order valence-corrected chi connectivity index (χ0v) is 10.4. The molecule has 1 fully saturated rings. The first-order valence-corrected chi connectivity index (χ1v) is 6.08. The van der Waals surface area contributed by atoms with Gasteiger partial charge < -0.3 is 14.1 Å². The fourth-order valence-electron chi connectivity index (χ4n) is 2.18. The van der Waals surface area contributed by atoms with Crippen LogP contribution in [0.1, 0.15) is 13.8 Å². The summed E-state index contributed by atoms with van der Waals surface area (Å²) in [5, 5.41) is 0. The Labute approximate surface area is 104 Å². The first kappa shape index (κ1) is 11.5. The third-order valence-electron chi connectivity index (χ3n) is 3.19. The molecule has 0 aliphatic carbocycles. The molecule has 96 valence electrons.